The number of hydrogen-bond acceptors (Lipinski definition) is 1. The second-order valence-electron chi connectivity index (χ2n) is 3.11. The fourth-order valence-electron chi connectivity index (χ4n) is 1.29. The maximum atomic E-state index is 6.26. The zero-order valence-electron chi connectivity index (χ0n) is 7.54. The number of fused-ring (bicyclic) bond motifs is 1. The topological polar surface area (TPSA) is 3.24 Å². The third-order valence-electron chi connectivity index (χ3n) is 1.92. The second kappa shape index (κ2) is 3.37. The first-order chi connectivity index (χ1) is 6.20. The van der Waals surface area contributed by atoms with Gasteiger partial charge in [0.1, 0.15) is 0 Å². The molecule has 3 heteroatoms. The molecule has 0 saturated heterocycles. The van der Waals surface area contributed by atoms with Crippen LogP contribution in [0.25, 0.3) is 9.65 Å². The summed E-state index contributed by atoms with van der Waals surface area (Å²) in [5, 5.41) is 2.15. The van der Waals surface area contributed by atoms with Crippen LogP contribution in [-0.4, -0.2) is 28.6 Å². The molecule has 0 fully saturated rings. The fraction of sp³-hybridized carbons (Fsp3) is 0.200. The molecule has 0 spiro atoms. The van der Waals surface area contributed by atoms with Crippen LogP contribution in [0.4, 0.5) is 4.56 Å². The van der Waals surface area contributed by atoms with Gasteiger partial charge in [0.2, 0.25) is 0 Å². The first-order valence-electron chi connectivity index (χ1n) is 4.04. The third kappa shape index (κ3) is 1.50. The predicted octanol–water partition coefficient (Wildman–Crippen LogP) is 2.62. The van der Waals surface area contributed by atoms with Gasteiger partial charge in [0, 0.05) is 0 Å². The quantitative estimate of drug-likeness (QED) is 0.711. The monoisotopic (exact) mass is 259 g/mol. The molecule has 0 radical (unpaired) electrons. The number of hydrogen-bond donors (Lipinski definition) is 0. The van der Waals surface area contributed by atoms with Crippen molar-refractivity contribution in [3.05, 3.63) is 29.3 Å². The Hall–Kier alpha value is -0.431. The van der Waals surface area contributed by atoms with Gasteiger partial charge in [-0.1, -0.05) is 0 Å². The van der Waals surface area contributed by atoms with E-state index in [2.05, 4.69) is 23.1 Å². The molecule has 0 bridgehead atoms. The summed E-state index contributed by atoms with van der Waals surface area (Å²) in [4.78, 5) is 2.11. The van der Waals surface area contributed by atoms with E-state index in [1.807, 2.05) is 20.2 Å². The van der Waals surface area contributed by atoms with Crippen molar-refractivity contribution < 1.29 is 0 Å². The number of nitrogens with zero attached hydrogens (tertiary/aromatic N) is 1. The Morgan fingerprint density at radius 2 is 1.92 bits per heavy atom. The Balaban J connectivity index is 2.74. The molecule has 0 aliphatic carbocycles. The first-order valence-corrected chi connectivity index (χ1v) is 6.13. The van der Waals surface area contributed by atoms with Crippen LogP contribution in [0.1, 0.15) is 0 Å². The van der Waals surface area contributed by atoms with E-state index in [0.717, 1.165) is 5.02 Å². The van der Waals surface area contributed by atoms with Crippen LogP contribution >= 0.6 is 11.6 Å². The minimum absolute atomic E-state index is 0.386. The van der Waals surface area contributed by atoms with E-state index in [4.69, 9.17) is 11.6 Å². The Labute approximate surface area is 88.7 Å². The van der Waals surface area contributed by atoms with Crippen LogP contribution in [0.2, 0.25) is 5.02 Å². The molecule has 1 nitrogen and oxygen atoms in total. The van der Waals surface area contributed by atoms with Crippen LogP contribution in [0.5, 0.6) is 0 Å². The predicted molar refractivity (Wildman–Crippen MR) is 60.2 cm³/mol. The Morgan fingerprint density at radius 1 is 1.23 bits per heavy atom. The SMILES string of the molecule is CN(C)c1[se]c2ccccc2c1Cl. The molecule has 1 aromatic heterocycles. The van der Waals surface area contributed by atoms with Gasteiger partial charge in [-0.2, -0.15) is 0 Å². The van der Waals surface area contributed by atoms with E-state index in [9.17, 15) is 0 Å². The summed E-state index contributed by atoms with van der Waals surface area (Å²) in [6.45, 7) is 0. The Kier molecular flexibility index (Phi) is 2.37. The molecule has 0 aliphatic heterocycles. The normalized spacial score (nSPS) is 10.7. The standard InChI is InChI=1S/C10H10ClNSe/c1-12(2)10-9(11)7-5-3-4-6-8(7)13-10/h3-6H,1-2H3. The fourth-order valence-corrected chi connectivity index (χ4v) is 4.08. The van der Waals surface area contributed by atoms with Crippen LogP contribution < -0.4 is 4.90 Å². The molecule has 1 aromatic carbocycles. The summed E-state index contributed by atoms with van der Waals surface area (Å²) in [5.74, 6) is 0. The summed E-state index contributed by atoms with van der Waals surface area (Å²) >= 11 is 6.64. The van der Waals surface area contributed by atoms with E-state index < -0.39 is 0 Å². The molecule has 0 unspecified atom stereocenters. The van der Waals surface area contributed by atoms with Crippen molar-refractivity contribution in [1.29, 1.82) is 0 Å². The van der Waals surface area contributed by atoms with Gasteiger partial charge in [-0.05, 0) is 0 Å². The van der Waals surface area contributed by atoms with E-state index in [1.54, 1.807) is 0 Å². The molecule has 0 atom stereocenters. The number of anilines is 1. The maximum absolute atomic E-state index is 6.26. The molecule has 0 N–H and O–H groups in total. The molecule has 0 aliphatic rings. The van der Waals surface area contributed by atoms with Crippen molar-refractivity contribution >= 4 is 40.3 Å². The van der Waals surface area contributed by atoms with E-state index in [0.29, 0.717) is 14.5 Å². The van der Waals surface area contributed by atoms with Gasteiger partial charge in [0.05, 0.1) is 0 Å². The van der Waals surface area contributed by atoms with Gasteiger partial charge in [-0.3, -0.25) is 0 Å². The average molecular weight is 259 g/mol. The average Bonchev–Trinajstić information content (AvgIpc) is 2.45. The zero-order valence-corrected chi connectivity index (χ0v) is 10.0. The number of rotatable bonds is 1. The second-order valence-corrected chi connectivity index (χ2v) is 5.65. The van der Waals surface area contributed by atoms with Crippen molar-refractivity contribution in [2.75, 3.05) is 19.0 Å². The summed E-state index contributed by atoms with van der Waals surface area (Å²) in [7, 11) is 4.09. The summed E-state index contributed by atoms with van der Waals surface area (Å²) in [6, 6.07) is 8.36. The zero-order chi connectivity index (χ0) is 9.42. The molecule has 0 amide bonds. The van der Waals surface area contributed by atoms with Gasteiger partial charge in [0.15, 0.2) is 0 Å². The Bertz CT molecular complexity index is 433. The van der Waals surface area contributed by atoms with E-state index >= 15 is 0 Å². The Morgan fingerprint density at radius 3 is 2.54 bits per heavy atom. The van der Waals surface area contributed by atoms with Crippen molar-refractivity contribution in [2.45, 2.75) is 0 Å². The molecule has 2 rings (SSSR count). The number of halogens is 1. The van der Waals surface area contributed by atoms with Crippen LogP contribution in [0.3, 0.4) is 0 Å². The summed E-state index contributed by atoms with van der Waals surface area (Å²) < 4.78 is 2.67. The molecule has 2 aromatic rings. The van der Waals surface area contributed by atoms with Crippen molar-refractivity contribution in [3.8, 4) is 0 Å². The summed E-state index contributed by atoms with van der Waals surface area (Å²) in [5.41, 5.74) is 0. The molecule has 0 saturated carbocycles. The van der Waals surface area contributed by atoms with Crippen LogP contribution in [-0.2, 0) is 0 Å². The van der Waals surface area contributed by atoms with Gasteiger partial charge in [0.25, 0.3) is 0 Å². The first kappa shape index (κ1) is 9.14. The van der Waals surface area contributed by atoms with Crippen molar-refractivity contribution in [3.63, 3.8) is 0 Å². The van der Waals surface area contributed by atoms with Gasteiger partial charge in [-0.25, -0.2) is 0 Å². The molecular formula is C10H10ClNSe. The van der Waals surface area contributed by atoms with Crippen molar-refractivity contribution in [2.24, 2.45) is 0 Å². The molecule has 68 valence electrons. The van der Waals surface area contributed by atoms with Gasteiger partial charge < -0.3 is 0 Å². The van der Waals surface area contributed by atoms with Crippen molar-refractivity contribution in [1.82, 2.24) is 0 Å². The molecule has 1 heterocycles. The summed E-state index contributed by atoms with van der Waals surface area (Å²) in [6.07, 6.45) is 0. The van der Waals surface area contributed by atoms with Crippen LogP contribution in [0, 0.1) is 0 Å². The van der Waals surface area contributed by atoms with Crippen LogP contribution in [0.15, 0.2) is 24.3 Å². The number of benzene rings is 1. The van der Waals surface area contributed by atoms with Gasteiger partial charge in [-0.15, -0.1) is 0 Å². The molecule has 13 heavy (non-hydrogen) atoms. The van der Waals surface area contributed by atoms with E-state index in [1.165, 1.54) is 14.2 Å². The van der Waals surface area contributed by atoms with Gasteiger partial charge >= 0.3 is 88.6 Å². The minimum atomic E-state index is 0.386. The molecular weight excluding hydrogens is 249 g/mol. The third-order valence-corrected chi connectivity index (χ3v) is 5.37. The van der Waals surface area contributed by atoms with E-state index in [-0.39, 0.29) is 0 Å².